The summed E-state index contributed by atoms with van der Waals surface area (Å²) in [6.07, 6.45) is 1.83. The molecule has 0 bridgehead atoms. The summed E-state index contributed by atoms with van der Waals surface area (Å²) < 4.78 is 0. The Morgan fingerprint density at radius 1 is 0.769 bits per heavy atom. The molecule has 2 aromatic rings. The Morgan fingerprint density at radius 2 is 1.31 bits per heavy atom. The standard InChI is InChI=1S/C23H31NO2/c1-5-21(17-9-12-20(25)13-10-17)22(6-2)18-11-14-23(26)19(15-18)16-24(7-3)8-4/h9-15,25-26H,5-8,16H2,1-4H3/b22-21-. The number of phenolic OH excluding ortho intramolecular Hbond substituents is 2. The van der Waals surface area contributed by atoms with Crippen LogP contribution < -0.4 is 0 Å². The Labute approximate surface area is 157 Å². The van der Waals surface area contributed by atoms with E-state index in [1.807, 2.05) is 24.3 Å². The third-order valence-electron chi connectivity index (χ3n) is 5.00. The van der Waals surface area contributed by atoms with E-state index >= 15 is 0 Å². The minimum absolute atomic E-state index is 0.286. The Hall–Kier alpha value is -2.26. The van der Waals surface area contributed by atoms with Crippen molar-refractivity contribution in [3.63, 3.8) is 0 Å². The van der Waals surface area contributed by atoms with E-state index in [1.165, 1.54) is 11.1 Å². The van der Waals surface area contributed by atoms with Gasteiger partial charge in [-0.25, -0.2) is 0 Å². The van der Waals surface area contributed by atoms with Crippen molar-refractivity contribution in [2.75, 3.05) is 13.1 Å². The minimum atomic E-state index is 0.286. The molecule has 0 fully saturated rings. The van der Waals surface area contributed by atoms with Gasteiger partial charge in [0.25, 0.3) is 0 Å². The fourth-order valence-corrected chi connectivity index (χ4v) is 3.43. The quantitative estimate of drug-likeness (QED) is 0.601. The molecule has 3 nitrogen and oxygen atoms in total. The van der Waals surface area contributed by atoms with Gasteiger partial charge in [-0.1, -0.05) is 45.9 Å². The molecule has 0 spiro atoms. The smallest absolute Gasteiger partial charge is 0.120 e. The lowest BCUT2D eigenvalue weighted by Crippen LogP contribution is -2.22. The molecule has 0 heterocycles. The molecule has 0 saturated carbocycles. The summed E-state index contributed by atoms with van der Waals surface area (Å²) in [5, 5.41) is 19.9. The lowest BCUT2D eigenvalue weighted by molar-refractivity contribution is 0.291. The highest BCUT2D eigenvalue weighted by molar-refractivity contribution is 5.91. The summed E-state index contributed by atoms with van der Waals surface area (Å²) in [6, 6.07) is 13.4. The van der Waals surface area contributed by atoms with Crippen LogP contribution in [0.3, 0.4) is 0 Å². The zero-order valence-electron chi connectivity index (χ0n) is 16.4. The average Bonchev–Trinajstić information content (AvgIpc) is 2.66. The van der Waals surface area contributed by atoms with E-state index < -0.39 is 0 Å². The molecule has 0 amide bonds. The number of hydrogen-bond donors (Lipinski definition) is 2. The molecule has 2 aromatic carbocycles. The van der Waals surface area contributed by atoms with Crippen molar-refractivity contribution in [2.24, 2.45) is 0 Å². The predicted octanol–water partition coefficient (Wildman–Crippen LogP) is 5.67. The highest BCUT2D eigenvalue weighted by Gasteiger charge is 2.13. The third kappa shape index (κ3) is 4.67. The average molecular weight is 354 g/mol. The van der Waals surface area contributed by atoms with Crippen LogP contribution >= 0.6 is 0 Å². The van der Waals surface area contributed by atoms with Gasteiger partial charge in [0.2, 0.25) is 0 Å². The van der Waals surface area contributed by atoms with Gasteiger partial charge >= 0.3 is 0 Å². The summed E-state index contributed by atoms with van der Waals surface area (Å²) in [7, 11) is 0. The monoisotopic (exact) mass is 353 g/mol. The molecule has 0 aliphatic heterocycles. The maximum Gasteiger partial charge on any atom is 0.120 e. The summed E-state index contributed by atoms with van der Waals surface area (Å²) in [5.41, 5.74) is 5.85. The van der Waals surface area contributed by atoms with Gasteiger partial charge in [0.1, 0.15) is 11.5 Å². The van der Waals surface area contributed by atoms with Crippen LogP contribution in [0, 0.1) is 0 Å². The van der Waals surface area contributed by atoms with Gasteiger partial charge in [-0.3, -0.25) is 4.90 Å². The molecule has 0 radical (unpaired) electrons. The van der Waals surface area contributed by atoms with Crippen LogP contribution in [-0.4, -0.2) is 28.2 Å². The molecular formula is C23H31NO2. The molecule has 3 heteroatoms. The van der Waals surface area contributed by atoms with Crippen LogP contribution in [0.25, 0.3) is 11.1 Å². The first-order valence-electron chi connectivity index (χ1n) is 9.59. The lowest BCUT2D eigenvalue weighted by atomic mass is 9.90. The van der Waals surface area contributed by atoms with E-state index in [-0.39, 0.29) is 5.75 Å². The van der Waals surface area contributed by atoms with Crippen molar-refractivity contribution in [3.8, 4) is 11.5 Å². The van der Waals surface area contributed by atoms with Crippen LogP contribution in [0.1, 0.15) is 57.2 Å². The van der Waals surface area contributed by atoms with Gasteiger partial charge in [0.05, 0.1) is 0 Å². The Balaban J connectivity index is 2.49. The zero-order valence-corrected chi connectivity index (χ0v) is 16.4. The maximum absolute atomic E-state index is 10.3. The normalized spacial score (nSPS) is 12.3. The van der Waals surface area contributed by atoms with E-state index in [9.17, 15) is 10.2 Å². The SMILES string of the molecule is CC/C(=C(\CC)c1ccc(O)c(CN(CC)CC)c1)c1ccc(O)cc1. The number of phenols is 2. The molecule has 0 aliphatic rings. The minimum Gasteiger partial charge on any atom is -0.508 e. The number of benzene rings is 2. The molecule has 140 valence electrons. The number of rotatable bonds is 8. The van der Waals surface area contributed by atoms with Gasteiger partial charge in [-0.05, 0) is 72.5 Å². The molecule has 0 unspecified atom stereocenters. The number of nitrogens with zero attached hydrogens (tertiary/aromatic N) is 1. The second-order valence-corrected chi connectivity index (χ2v) is 6.52. The second kappa shape index (κ2) is 9.44. The van der Waals surface area contributed by atoms with Crippen LogP contribution in [0.2, 0.25) is 0 Å². The summed E-state index contributed by atoms with van der Waals surface area (Å²) in [4.78, 5) is 2.30. The zero-order chi connectivity index (χ0) is 19.1. The van der Waals surface area contributed by atoms with Crippen molar-refractivity contribution in [2.45, 2.75) is 47.1 Å². The van der Waals surface area contributed by atoms with Crippen molar-refractivity contribution >= 4 is 11.1 Å². The van der Waals surface area contributed by atoms with E-state index in [0.29, 0.717) is 5.75 Å². The van der Waals surface area contributed by atoms with Gasteiger partial charge in [0, 0.05) is 12.1 Å². The Morgan fingerprint density at radius 3 is 1.85 bits per heavy atom. The van der Waals surface area contributed by atoms with E-state index in [1.54, 1.807) is 12.1 Å². The van der Waals surface area contributed by atoms with Crippen molar-refractivity contribution in [3.05, 3.63) is 59.2 Å². The number of aromatic hydroxyl groups is 2. The summed E-state index contributed by atoms with van der Waals surface area (Å²) in [5.74, 6) is 0.646. The number of hydrogen-bond acceptors (Lipinski definition) is 3. The first kappa shape index (κ1) is 20.1. The fraction of sp³-hybridized carbons (Fsp3) is 0.391. The summed E-state index contributed by atoms with van der Waals surface area (Å²) in [6.45, 7) is 11.3. The fourth-order valence-electron chi connectivity index (χ4n) is 3.43. The predicted molar refractivity (Wildman–Crippen MR) is 110 cm³/mol. The molecular weight excluding hydrogens is 322 g/mol. The molecule has 0 aromatic heterocycles. The van der Waals surface area contributed by atoms with Crippen molar-refractivity contribution < 1.29 is 10.2 Å². The molecule has 2 N–H and O–H groups in total. The van der Waals surface area contributed by atoms with Gasteiger partial charge < -0.3 is 10.2 Å². The van der Waals surface area contributed by atoms with Gasteiger partial charge in [-0.2, -0.15) is 0 Å². The highest BCUT2D eigenvalue weighted by atomic mass is 16.3. The summed E-state index contributed by atoms with van der Waals surface area (Å²) >= 11 is 0. The van der Waals surface area contributed by atoms with E-state index in [0.717, 1.165) is 49.2 Å². The van der Waals surface area contributed by atoms with Crippen LogP contribution in [0.4, 0.5) is 0 Å². The van der Waals surface area contributed by atoms with Crippen LogP contribution in [0.5, 0.6) is 11.5 Å². The Kier molecular flexibility index (Phi) is 7.28. The topological polar surface area (TPSA) is 43.7 Å². The highest BCUT2D eigenvalue weighted by Crippen LogP contribution is 2.34. The largest absolute Gasteiger partial charge is 0.508 e. The van der Waals surface area contributed by atoms with E-state index in [4.69, 9.17) is 0 Å². The third-order valence-corrected chi connectivity index (χ3v) is 5.00. The van der Waals surface area contributed by atoms with E-state index in [2.05, 4.69) is 38.7 Å². The maximum atomic E-state index is 10.3. The van der Waals surface area contributed by atoms with Crippen LogP contribution in [-0.2, 0) is 6.54 Å². The molecule has 2 rings (SSSR count). The van der Waals surface area contributed by atoms with Crippen molar-refractivity contribution in [1.82, 2.24) is 4.90 Å². The Bertz CT molecular complexity index is 743. The lowest BCUT2D eigenvalue weighted by Gasteiger charge is -2.20. The number of allylic oxidation sites excluding steroid dienone is 2. The molecule has 0 atom stereocenters. The molecule has 0 aliphatic carbocycles. The van der Waals surface area contributed by atoms with Crippen LogP contribution in [0.15, 0.2) is 42.5 Å². The molecule has 0 saturated heterocycles. The van der Waals surface area contributed by atoms with Crippen molar-refractivity contribution in [1.29, 1.82) is 0 Å². The first-order chi connectivity index (χ1) is 12.5. The van der Waals surface area contributed by atoms with Gasteiger partial charge in [0.15, 0.2) is 0 Å². The molecule has 26 heavy (non-hydrogen) atoms. The second-order valence-electron chi connectivity index (χ2n) is 6.52. The first-order valence-corrected chi connectivity index (χ1v) is 9.59. The van der Waals surface area contributed by atoms with Gasteiger partial charge in [-0.15, -0.1) is 0 Å².